The second-order valence-electron chi connectivity index (χ2n) is 5.43. The van der Waals surface area contributed by atoms with Crippen LogP contribution in [0.15, 0.2) is 23.1 Å². The summed E-state index contributed by atoms with van der Waals surface area (Å²) in [6.45, 7) is 3.52. The molecule has 0 saturated heterocycles. The van der Waals surface area contributed by atoms with Gasteiger partial charge >= 0.3 is 0 Å². The minimum atomic E-state index is -3.75. The van der Waals surface area contributed by atoms with E-state index < -0.39 is 16.1 Å². The minimum Gasteiger partial charge on any atom is -0.352 e. The molecule has 21 heavy (non-hydrogen) atoms. The normalized spacial score (nSPS) is 16.5. The summed E-state index contributed by atoms with van der Waals surface area (Å²) in [5.74, 6) is -0.297. The van der Waals surface area contributed by atoms with Gasteiger partial charge in [-0.1, -0.05) is 12.1 Å². The lowest BCUT2D eigenvalue weighted by atomic mass is 10.1. The zero-order valence-electron chi connectivity index (χ0n) is 12.2. The van der Waals surface area contributed by atoms with E-state index in [1.165, 1.54) is 6.92 Å². The number of carbonyl (C=O) groups is 1. The van der Waals surface area contributed by atoms with E-state index in [0.29, 0.717) is 5.56 Å². The number of hydrogen-bond acceptors (Lipinski definition) is 4. The smallest absolute Gasteiger partial charge is 0.241 e. The largest absolute Gasteiger partial charge is 0.352 e. The quantitative estimate of drug-likeness (QED) is 0.707. The van der Waals surface area contributed by atoms with Crippen LogP contribution in [-0.4, -0.2) is 26.4 Å². The van der Waals surface area contributed by atoms with Crippen LogP contribution in [0.25, 0.3) is 0 Å². The lowest BCUT2D eigenvalue weighted by Crippen LogP contribution is -2.45. The fourth-order valence-corrected chi connectivity index (χ4v) is 3.46. The Morgan fingerprint density at radius 3 is 2.67 bits per heavy atom. The van der Waals surface area contributed by atoms with Gasteiger partial charge in [-0.2, -0.15) is 4.72 Å². The van der Waals surface area contributed by atoms with E-state index in [1.54, 1.807) is 25.1 Å². The number of benzene rings is 1. The highest BCUT2D eigenvalue weighted by atomic mass is 32.2. The maximum atomic E-state index is 12.4. The molecule has 1 fully saturated rings. The van der Waals surface area contributed by atoms with E-state index in [9.17, 15) is 13.2 Å². The third-order valence-electron chi connectivity index (χ3n) is 3.43. The summed E-state index contributed by atoms with van der Waals surface area (Å²) >= 11 is 0. The van der Waals surface area contributed by atoms with E-state index in [4.69, 9.17) is 5.73 Å². The van der Waals surface area contributed by atoms with Gasteiger partial charge in [0.2, 0.25) is 15.9 Å². The number of nitrogens with one attached hydrogen (secondary N) is 2. The van der Waals surface area contributed by atoms with Crippen LogP contribution in [0.5, 0.6) is 0 Å². The van der Waals surface area contributed by atoms with E-state index in [0.717, 1.165) is 18.4 Å². The van der Waals surface area contributed by atoms with E-state index in [2.05, 4.69) is 10.0 Å². The molecule has 0 bridgehead atoms. The van der Waals surface area contributed by atoms with Gasteiger partial charge in [0.05, 0.1) is 10.9 Å². The number of rotatable bonds is 6. The standard InChI is InChI=1S/C14H21N3O3S/c1-9-3-4-11(8-15)7-13(9)21(19,20)17-10(2)14(18)16-12-5-6-12/h3-4,7,10,12,17H,5-6,8,15H2,1-2H3,(H,16,18). The van der Waals surface area contributed by atoms with Gasteiger partial charge in [-0.15, -0.1) is 0 Å². The van der Waals surface area contributed by atoms with Crippen molar-refractivity contribution in [1.29, 1.82) is 0 Å². The van der Waals surface area contributed by atoms with Gasteiger partial charge in [-0.05, 0) is 43.9 Å². The van der Waals surface area contributed by atoms with Gasteiger partial charge < -0.3 is 11.1 Å². The topological polar surface area (TPSA) is 101 Å². The van der Waals surface area contributed by atoms with Crippen LogP contribution in [0.4, 0.5) is 0 Å². The van der Waals surface area contributed by atoms with E-state index in [-0.39, 0.29) is 23.4 Å². The monoisotopic (exact) mass is 311 g/mol. The first kappa shape index (κ1) is 15.9. The molecule has 2 rings (SSSR count). The molecule has 1 aliphatic carbocycles. The van der Waals surface area contributed by atoms with Crippen LogP contribution in [0.2, 0.25) is 0 Å². The Hall–Kier alpha value is -1.44. The number of sulfonamides is 1. The third kappa shape index (κ3) is 4.03. The average molecular weight is 311 g/mol. The van der Waals surface area contributed by atoms with Crippen LogP contribution >= 0.6 is 0 Å². The molecule has 7 heteroatoms. The molecule has 1 atom stereocenters. The van der Waals surface area contributed by atoms with Crippen molar-refractivity contribution in [3.05, 3.63) is 29.3 Å². The summed E-state index contributed by atoms with van der Waals surface area (Å²) in [7, 11) is -3.75. The fraction of sp³-hybridized carbons (Fsp3) is 0.500. The Balaban J connectivity index is 2.15. The summed E-state index contributed by atoms with van der Waals surface area (Å²) in [5, 5.41) is 2.78. The molecule has 1 aliphatic rings. The van der Waals surface area contributed by atoms with Gasteiger partial charge in [0, 0.05) is 12.6 Å². The number of amides is 1. The van der Waals surface area contributed by atoms with Gasteiger partial charge in [0.25, 0.3) is 0 Å². The SMILES string of the molecule is Cc1ccc(CN)cc1S(=O)(=O)NC(C)C(=O)NC1CC1. The van der Waals surface area contributed by atoms with Gasteiger partial charge in [0.1, 0.15) is 0 Å². The number of aryl methyl sites for hydroxylation is 1. The number of carbonyl (C=O) groups excluding carboxylic acids is 1. The van der Waals surface area contributed by atoms with Crippen molar-refractivity contribution in [2.24, 2.45) is 5.73 Å². The zero-order valence-corrected chi connectivity index (χ0v) is 13.0. The second kappa shape index (κ2) is 6.13. The maximum Gasteiger partial charge on any atom is 0.241 e. The molecule has 1 amide bonds. The predicted molar refractivity (Wildman–Crippen MR) is 80.0 cm³/mol. The Bertz CT molecular complexity index is 639. The molecule has 0 heterocycles. The maximum absolute atomic E-state index is 12.4. The second-order valence-corrected chi connectivity index (χ2v) is 7.11. The molecule has 1 aromatic rings. The van der Waals surface area contributed by atoms with E-state index in [1.807, 2.05) is 0 Å². The summed E-state index contributed by atoms with van der Waals surface area (Å²) in [6, 6.07) is 4.44. The summed E-state index contributed by atoms with van der Waals surface area (Å²) in [5.41, 5.74) is 6.90. The minimum absolute atomic E-state index is 0.163. The van der Waals surface area contributed by atoms with Crippen molar-refractivity contribution in [1.82, 2.24) is 10.0 Å². The van der Waals surface area contributed by atoms with Crippen molar-refractivity contribution in [3.63, 3.8) is 0 Å². The van der Waals surface area contributed by atoms with Crippen molar-refractivity contribution < 1.29 is 13.2 Å². The summed E-state index contributed by atoms with van der Waals surface area (Å²) < 4.78 is 27.2. The van der Waals surface area contributed by atoms with Crippen LogP contribution in [0.1, 0.15) is 30.9 Å². The van der Waals surface area contributed by atoms with Gasteiger partial charge in [-0.25, -0.2) is 8.42 Å². The molecule has 4 N–H and O–H groups in total. The molecule has 0 spiro atoms. The Morgan fingerprint density at radius 2 is 2.10 bits per heavy atom. The number of nitrogens with two attached hydrogens (primary N) is 1. The molecule has 0 radical (unpaired) electrons. The van der Waals surface area contributed by atoms with Crippen LogP contribution in [0, 0.1) is 6.92 Å². The average Bonchev–Trinajstić information content (AvgIpc) is 3.22. The highest BCUT2D eigenvalue weighted by molar-refractivity contribution is 7.89. The lowest BCUT2D eigenvalue weighted by molar-refractivity contribution is -0.122. The number of hydrogen-bond donors (Lipinski definition) is 3. The first-order valence-electron chi connectivity index (χ1n) is 6.96. The first-order chi connectivity index (χ1) is 9.83. The Morgan fingerprint density at radius 1 is 1.43 bits per heavy atom. The van der Waals surface area contributed by atoms with Crippen molar-refractivity contribution in [3.8, 4) is 0 Å². The molecule has 1 unspecified atom stereocenters. The summed E-state index contributed by atoms with van der Waals surface area (Å²) in [6.07, 6.45) is 1.92. The van der Waals surface area contributed by atoms with Crippen molar-refractivity contribution >= 4 is 15.9 Å². The summed E-state index contributed by atoms with van der Waals surface area (Å²) in [4.78, 5) is 12.0. The Kier molecular flexibility index (Phi) is 4.65. The van der Waals surface area contributed by atoms with Crippen LogP contribution in [0.3, 0.4) is 0 Å². The van der Waals surface area contributed by atoms with Gasteiger partial charge in [0.15, 0.2) is 0 Å². The molecular formula is C14H21N3O3S. The highest BCUT2D eigenvalue weighted by Gasteiger charge is 2.28. The van der Waals surface area contributed by atoms with Crippen LogP contribution < -0.4 is 15.8 Å². The molecule has 0 aliphatic heterocycles. The van der Waals surface area contributed by atoms with Gasteiger partial charge in [-0.3, -0.25) is 4.79 Å². The Labute approximate surface area is 125 Å². The molecule has 1 aromatic carbocycles. The van der Waals surface area contributed by atoms with Crippen molar-refractivity contribution in [2.75, 3.05) is 0 Å². The predicted octanol–water partition coefficient (Wildman–Crippen LogP) is 0.399. The molecular weight excluding hydrogens is 290 g/mol. The molecule has 1 saturated carbocycles. The first-order valence-corrected chi connectivity index (χ1v) is 8.44. The molecule has 116 valence electrons. The molecule has 6 nitrogen and oxygen atoms in total. The zero-order chi connectivity index (χ0) is 15.6. The fourth-order valence-electron chi connectivity index (χ4n) is 1.96. The van der Waals surface area contributed by atoms with Crippen molar-refractivity contribution in [2.45, 2.75) is 50.2 Å². The molecule has 0 aromatic heterocycles. The van der Waals surface area contributed by atoms with E-state index >= 15 is 0 Å². The lowest BCUT2D eigenvalue weighted by Gasteiger charge is -2.16. The highest BCUT2D eigenvalue weighted by Crippen LogP contribution is 2.19. The van der Waals surface area contributed by atoms with Crippen LogP contribution in [-0.2, 0) is 21.4 Å². The third-order valence-corrected chi connectivity index (χ3v) is 5.11.